The van der Waals surface area contributed by atoms with Crippen LogP contribution in [0, 0.1) is 20.2 Å². The maximum Gasteiger partial charge on any atom is 0.269 e. The Hall–Kier alpha value is -7.64. The molecule has 1 heterocycles. The lowest BCUT2D eigenvalue weighted by molar-refractivity contribution is -0.385. The van der Waals surface area contributed by atoms with Gasteiger partial charge < -0.3 is 37.9 Å². The molecule has 0 aromatic heterocycles. The molecule has 0 saturated carbocycles. The van der Waals surface area contributed by atoms with Gasteiger partial charge in [-0.2, -0.15) is 20.5 Å². The topological polar surface area (TPSA) is 210 Å². The first kappa shape index (κ1) is 62.4. The number of para-hydroxylation sites is 2. The Morgan fingerprint density at radius 1 is 0.381 bits per heavy atom. The molecule has 0 atom stereocenters. The first-order valence-electron chi connectivity index (χ1n) is 29.9. The summed E-state index contributed by atoms with van der Waals surface area (Å²) in [6, 6.07) is 32.5. The Labute approximate surface area is 493 Å². The van der Waals surface area contributed by atoms with Gasteiger partial charge in [0.05, 0.1) is 98.7 Å². The second kappa shape index (κ2) is 34.2. The number of ether oxygens (including phenoxy) is 8. The van der Waals surface area contributed by atoms with Gasteiger partial charge in [0.2, 0.25) is 0 Å². The van der Waals surface area contributed by atoms with E-state index in [4.69, 9.17) is 48.1 Å². The van der Waals surface area contributed by atoms with Gasteiger partial charge in [0.15, 0.2) is 0 Å². The molecule has 446 valence electrons. The average molecular weight is 1150 g/mol. The summed E-state index contributed by atoms with van der Waals surface area (Å²) in [7, 11) is 0. The predicted molar refractivity (Wildman–Crippen MR) is 324 cm³/mol. The van der Waals surface area contributed by atoms with E-state index in [0.29, 0.717) is 126 Å². The lowest BCUT2D eigenvalue weighted by Crippen LogP contribution is -2.15. The first-order chi connectivity index (χ1) is 41.3. The summed E-state index contributed by atoms with van der Waals surface area (Å²) in [6.07, 6.45) is 14.7. The van der Waals surface area contributed by atoms with Crippen molar-refractivity contribution in [3.63, 3.8) is 0 Å². The SMILES string of the molecule is CCCCCCCCOc1c2cc(N=Nc3ccc([N+](=O)[O-])cc3)cc1Cc1cccc3c1OCCOCCOCCOCCOCCOc1c(cccc1Cc1cc(N=Nc4ccc([N+](=O)[O-])cc4)cc(c1OCCCCCCCC)C3)C2. The molecule has 84 heavy (non-hydrogen) atoms. The molecule has 18 heteroatoms. The van der Waals surface area contributed by atoms with E-state index in [0.717, 1.165) is 94.5 Å². The van der Waals surface area contributed by atoms with Gasteiger partial charge >= 0.3 is 0 Å². The largest absolute Gasteiger partial charge is 0.493 e. The van der Waals surface area contributed by atoms with Crippen molar-refractivity contribution in [3.05, 3.63) is 174 Å². The number of fused-ring (bicyclic) bond motifs is 2. The number of rotatable bonds is 22. The lowest BCUT2D eigenvalue weighted by Gasteiger charge is -2.23. The van der Waals surface area contributed by atoms with Crippen molar-refractivity contribution in [2.45, 2.75) is 117 Å². The van der Waals surface area contributed by atoms with Crippen molar-refractivity contribution in [1.82, 2.24) is 0 Å². The summed E-state index contributed by atoms with van der Waals surface area (Å²) in [4.78, 5) is 22.2. The number of hydrogen-bond donors (Lipinski definition) is 0. The van der Waals surface area contributed by atoms with Gasteiger partial charge in [-0.25, -0.2) is 0 Å². The number of nitro groups is 2. The fourth-order valence-electron chi connectivity index (χ4n) is 10.3. The Morgan fingerprint density at radius 2 is 0.679 bits per heavy atom. The average Bonchev–Trinajstić information content (AvgIpc) is 3.25. The molecule has 10 bridgehead atoms. The molecule has 0 saturated heterocycles. The monoisotopic (exact) mass is 1150 g/mol. The fourth-order valence-corrected chi connectivity index (χ4v) is 10.3. The third-order valence-electron chi connectivity index (χ3n) is 14.6. The van der Waals surface area contributed by atoms with Crippen LogP contribution in [-0.2, 0) is 44.6 Å². The van der Waals surface area contributed by atoms with E-state index in [1.165, 1.54) is 62.8 Å². The molecular weight excluding hydrogens is 1070 g/mol. The fraction of sp³-hybridized carbons (Fsp3) is 0.455. The lowest BCUT2D eigenvalue weighted by atomic mass is 9.90. The minimum absolute atomic E-state index is 0.0360. The third-order valence-corrected chi connectivity index (χ3v) is 14.6. The zero-order chi connectivity index (χ0) is 58.6. The van der Waals surface area contributed by atoms with E-state index < -0.39 is 9.85 Å². The van der Waals surface area contributed by atoms with Crippen LogP contribution < -0.4 is 18.9 Å². The van der Waals surface area contributed by atoms with Crippen molar-refractivity contribution in [3.8, 4) is 23.0 Å². The highest BCUT2D eigenvalue weighted by Gasteiger charge is 2.24. The van der Waals surface area contributed by atoms with E-state index in [1.54, 1.807) is 24.3 Å². The second-order valence-electron chi connectivity index (χ2n) is 21.0. The Kier molecular flexibility index (Phi) is 25.4. The molecule has 2 aliphatic rings. The highest BCUT2D eigenvalue weighted by atomic mass is 16.6. The van der Waals surface area contributed by atoms with Gasteiger partial charge in [0.25, 0.3) is 11.4 Å². The van der Waals surface area contributed by atoms with E-state index in [1.807, 2.05) is 24.3 Å². The van der Waals surface area contributed by atoms with Crippen molar-refractivity contribution in [2.75, 3.05) is 79.3 Å². The van der Waals surface area contributed by atoms with Crippen LogP contribution in [0.3, 0.4) is 0 Å². The molecule has 0 radical (unpaired) electrons. The van der Waals surface area contributed by atoms with Crippen LogP contribution in [0.1, 0.15) is 135 Å². The highest BCUT2D eigenvalue weighted by molar-refractivity contribution is 5.62. The number of non-ortho nitro benzene ring substituents is 2. The standard InChI is InChI=1S/C66H80N6O12/c1-3-5-7-9-11-13-29-81-65-53-41-49-17-15-19-51-43-55-47-60(70-68-58-23-27-62(28-24-58)72(75)76)48-56(66(55)82-30-14-12-10-8-6-4-2)44-52-20-16-18-50(42-54(65)46-59(45-53)69-67-57-21-25-61(26-22-57)71(73)74)64(52)84-40-38-80-36-34-78-32-31-77-33-35-79-37-39-83-63(49)51/h15-28,45-48H,3-14,29-44H2,1-2H3. The van der Waals surface area contributed by atoms with Crippen LogP contribution >= 0.6 is 0 Å². The van der Waals surface area contributed by atoms with Crippen molar-refractivity contribution in [2.24, 2.45) is 20.5 Å². The smallest absolute Gasteiger partial charge is 0.269 e. The quantitative estimate of drug-likeness (QED) is 0.0269. The zero-order valence-corrected chi connectivity index (χ0v) is 48.8. The van der Waals surface area contributed by atoms with Crippen LogP contribution in [-0.4, -0.2) is 89.1 Å². The second-order valence-corrected chi connectivity index (χ2v) is 21.0. The number of azo groups is 2. The summed E-state index contributed by atoms with van der Waals surface area (Å²) in [5.41, 5.74) is 9.12. The van der Waals surface area contributed by atoms with Gasteiger partial charge in [0.1, 0.15) is 36.2 Å². The summed E-state index contributed by atoms with van der Waals surface area (Å²) >= 11 is 0. The Balaban J connectivity index is 1.32. The molecular formula is C66H80N6O12. The van der Waals surface area contributed by atoms with Crippen molar-refractivity contribution < 1.29 is 47.7 Å². The number of hydrogen-bond acceptors (Lipinski definition) is 16. The van der Waals surface area contributed by atoms with Gasteiger partial charge in [-0.3, -0.25) is 20.2 Å². The minimum Gasteiger partial charge on any atom is -0.493 e. The molecule has 0 amide bonds. The molecule has 1 aliphatic heterocycles. The van der Waals surface area contributed by atoms with Crippen LogP contribution in [0.2, 0.25) is 0 Å². The molecule has 18 nitrogen and oxygen atoms in total. The van der Waals surface area contributed by atoms with Crippen LogP contribution in [0.25, 0.3) is 0 Å². The number of benzene rings is 6. The normalized spacial score (nSPS) is 14.6. The maximum atomic E-state index is 11.5. The Morgan fingerprint density at radius 3 is 1.00 bits per heavy atom. The van der Waals surface area contributed by atoms with E-state index in [-0.39, 0.29) is 24.6 Å². The molecule has 6 aromatic rings. The molecule has 0 fully saturated rings. The van der Waals surface area contributed by atoms with Gasteiger partial charge in [-0.05, 0) is 83.6 Å². The molecule has 0 N–H and O–H groups in total. The van der Waals surface area contributed by atoms with Crippen molar-refractivity contribution in [1.29, 1.82) is 0 Å². The maximum absolute atomic E-state index is 11.5. The van der Waals surface area contributed by atoms with Crippen LogP contribution in [0.4, 0.5) is 34.1 Å². The molecule has 1 aliphatic carbocycles. The minimum atomic E-state index is -0.436. The zero-order valence-electron chi connectivity index (χ0n) is 48.8. The first-order valence-corrected chi connectivity index (χ1v) is 29.9. The Bertz CT molecular complexity index is 2800. The molecule has 6 aromatic carbocycles. The number of nitro benzene ring substituents is 2. The summed E-state index contributed by atoms with van der Waals surface area (Å²) in [6.45, 7) is 8.94. The molecule has 0 spiro atoms. The van der Waals surface area contributed by atoms with Gasteiger partial charge in [0, 0.05) is 72.2 Å². The van der Waals surface area contributed by atoms with E-state index >= 15 is 0 Å². The van der Waals surface area contributed by atoms with E-state index in [9.17, 15) is 20.2 Å². The predicted octanol–water partition coefficient (Wildman–Crippen LogP) is 16.3. The third kappa shape index (κ3) is 19.5. The summed E-state index contributed by atoms with van der Waals surface area (Å²) < 4.78 is 51.7. The van der Waals surface area contributed by atoms with E-state index in [2.05, 4.69) is 60.5 Å². The van der Waals surface area contributed by atoms with Crippen LogP contribution in [0.15, 0.2) is 130 Å². The number of nitrogens with zero attached hydrogens (tertiary/aromatic N) is 6. The van der Waals surface area contributed by atoms with Crippen molar-refractivity contribution >= 4 is 34.1 Å². The molecule has 8 rings (SSSR count). The summed E-state index contributed by atoms with van der Waals surface area (Å²) in [5.74, 6) is 2.87. The number of unbranched alkanes of at least 4 members (excludes halogenated alkanes) is 10. The molecule has 0 unspecified atom stereocenters. The van der Waals surface area contributed by atoms with Gasteiger partial charge in [-0.15, -0.1) is 0 Å². The summed E-state index contributed by atoms with van der Waals surface area (Å²) in [5, 5.41) is 41.9. The highest BCUT2D eigenvalue weighted by Crippen LogP contribution is 2.42. The van der Waals surface area contributed by atoms with Crippen LogP contribution in [0.5, 0.6) is 23.0 Å². The van der Waals surface area contributed by atoms with Gasteiger partial charge in [-0.1, -0.05) is 114 Å².